The molecule has 0 aromatic rings. The standard InChI is InChI=1S/C30H46N2O8S/c1-18(8-11-26-29(36)30(17-37-30)14-23(40-26)15-31-28(35)16-41-6)7-10-25-19(2)13-24(21(4)39-25)32-27(34)12-9-20(3)38-22(5)33/h7-9,11-12,19-21,23-26,29,36H,10,13-17H2,1-6H3,(H,31,35)(H,32,34)/b11-8+,12-9-,18-7+/t19-,20-,21+,23-,24+,25-,26+,29+,30+/m0/s1. The Morgan fingerprint density at radius 3 is 2.59 bits per heavy atom. The Morgan fingerprint density at radius 1 is 1.20 bits per heavy atom. The Bertz CT molecular complexity index is 1010. The molecule has 9 atom stereocenters. The summed E-state index contributed by atoms with van der Waals surface area (Å²) in [4.78, 5) is 35.3. The first-order chi connectivity index (χ1) is 19.4. The number of amides is 2. The van der Waals surface area contributed by atoms with Crippen LogP contribution in [0.4, 0.5) is 0 Å². The van der Waals surface area contributed by atoms with Crippen LogP contribution in [0.3, 0.4) is 0 Å². The van der Waals surface area contributed by atoms with Gasteiger partial charge in [0.05, 0.1) is 36.7 Å². The minimum atomic E-state index is -0.765. The van der Waals surface area contributed by atoms with Crippen LogP contribution in [0.1, 0.15) is 53.9 Å². The van der Waals surface area contributed by atoms with Gasteiger partial charge in [0.25, 0.3) is 0 Å². The van der Waals surface area contributed by atoms with Crippen molar-refractivity contribution >= 4 is 29.5 Å². The van der Waals surface area contributed by atoms with Crippen molar-refractivity contribution in [2.24, 2.45) is 5.92 Å². The molecule has 3 aliphatic heterocycles. The molecule has 2 amide bonds. The molecule has 10 nitrogen and oxygen atoms in total. The van der Waals surface area contributed by atoms with Crippen molar-refractivity contribution in [3.8, 4) is 0 Å². The molecule has 1 spiro atoms. The number of thioether (sulfide) groups is 1. The van der Waals surface area contributed by atoms with Crippen molar-refractivity contribution in [2.45, 2.75) is 102 Å². The Balaban J connectivity index is 1.49. The smallest absolute Gasteiger partial charge is 0.303 e. The fourth-order valence-electron chi connectivity index (χ4n) is 5.30. The predicted molar refractivity (Wildman–Crippen MR) is 157 cm³/mol. The summed E-state index contributed by atoms with van der Waals surface area (Å²) in [5.41, 5.74) is 0.428. The lowest BCUT2D eigenvalue weighted by Gasteiger charge is -2.39. The van der Waals surface area contributed by atoms with Gasteiger partial charge in [-0.15, -0.1) is 0 Å². The predicted octanol–water partition coefficient (Wildman–Crippen LogP) is 2.45. The minimum absolute atomic E-state index is 0.00922. The van der Waals surface area contributed by atoms with Crippen molar-refractivity contribution in [1.29, 1.82) is 0 Å². The number of aliphatic hydroxyl groups is 1. The van der Waals surface area contributed by atoms with Crippen molar-refractivity contribution in [3.63, 3.8) is 0 Å². The third kappa shape index (κ3) is 10.2. The average molecular weight is 595 g/mol. The topological polar surface area (TPSA) is 136 Å². The van der Waals surface area contributed by atoms with Gasteiger partial charge in [-0.3, -0.25) is 14.4 Å². The van der Waals surface area contributed by atoms with Crippen LogP contribution in [0.15, 0.2) is 36.0 Å². The molecule has 3 fully saturated rings. The van der Waals surface area contributed by atoms with Crippen LogP contribution in [-0.4, -0.2) is 96.3 Å². The van der Waals surface area contributed by atoms with E-state index >= 15 is 0 Å². The summed E-state index contributed by atoms with van der Waals surface area (Å²) in [6.07, 6.45) is 10.7. The van der Waals surface area contributed by atoms with Gasteiger partial charge in [0.15, 0.2) is 0 Å². The lowest BCUT2D eigenvalue weighted by molar-refractivity contribution is -0.143. The molecule has 3 N–H and O–H groups in total. The molecule has 0 bridgehead atoms. The number of epoxide rings is 1. The highest BCUT2D eigenvalue weighted by Crippen LogP contribution is 2.42. The highest BCUT2D eigenvalue weighted by atomic mass is 32.2. The summed E-state index contributed by atoms with van der Waals surface area (Å²) in [7, 11) is 0. The van der Waals surface area contributed by atoms with Crippen LogP contribution in [0.5, 0.6) is 0 Å². The van der Waals surface area contributed by atoms with Gasteiger partial charge in [-0.05, 0) is 51.9 Å². The maximum Gasteiger partial charge on any atom is 0.303 e. The molecule has 3 heterocycles. The van der Waals surface area contributed by atoms with Gasteiger partial charge in [-0.25, -0.2) is 0 Å². The van der Waals surface area contributed by atoms with Crippen LogP contribution in [0.25, 0.3) is 0 Å². The first kappa shape index (κ1) is 33.3. The van der Waals surface area contributed by atoms with Crippen molar-refractivity contribution < 1.29 is 38.4 Å². The Hall–Kier alpha value is -2.18. The monoisotopic (exact) mass is 594 g/mol. The zero-order chi connectivity index (χ0) is 30.2. The fraction of sp³-hybridized carbons (Fsp3) is 0.700. The molecule has 41 heavy (non-hydrogen) atoms. The normalized spacial score (nSPS) is 34.5. The third-order valence-corrected chi connectivity index (χ3v) is 8.28. The summed E-state index contributed by atoms with van der Waals surface area (Å²) >= 11 is 1.47. The van der Waals surface area contributed by atoms with Crippen molar-refractivity contribution in [1.82, 2.24) is 10.6 Å². The van der Waals surface area contributed by atoms with E-state index in [2.05, 4.69) is 23.6 Å². The number of allylic oxidation sites excluding steroid dienone is 2. The molecule has 3 aliphatic rings. The SMILES string of the molecule is CSCC(=O)NC[C@@H]1C[C@@]2(CO2)[C@H](O)[C@@H](/C=C/C(C)=C/C[C@@H]2O[C@H](C)[C@H](NC(=O)/C=C\[C@H](C)OC(C)=O)C[C@@H]2C)O1. The van der Waals surface area contributed by atoms with Crippen LogP contribution < -0.4 is 10.6 Å². The number of ether oxygens (including phenoxy) is 4. The number of aliphatic hydroxyl groups excluding tert-OH is 1. The molecule has 0 unspecified atom stereocenters. The average Bonchev–Trinajstić information content (AvgIpc) is 3.68. The van der Waals surface area contributed by atoms with Crippen LogP contribution >= 0.6 is 11.8 Å². The molecule has 0 aliphatic carbocycles. The molecular formula is C30H46N2O8S. The zero-order valence-electron chi connectivity index (χ0n) is 25.0. The summed E-state index contributed by atoms with van der Waals surface area (Å²) < 4.78 is 23.0. The van der Waals surface area contributed by atoms with Gasteiger partial charge in [0, 0.05) is 26.0 Å². The maximum absolute atomic E-state index is 12.4. The lowest BCUT2D eigenvalue weighted by Crippen LogP contribution is -2.52. The van der Waals surface area contributed by atoms with E-state index in [1.807, 2.05) is 32.3 Å². The first-order valence-corrected chi connectivity index (χ1v) is 15.7. The number of nitrogens with one attached hydrogen (secondary N) is 2. The van der Waals surface area contributed by atoms with Gasteiger partial charge >= 0.3 is 5.97 Å². The maximum atomic E-state index is 12.4. The number of rotatable bonds is 12. The van der Waals surface area contributed by atoms with Crippen LogP contribution in [0.2, 0.25) is 0 Å². The van der Waals surface area contributed by atoms with E-state index in [-0.39, 0.29) is 42.1 Å². The third-order valence-electron chi connectivity index (χ3n) is 7.73. The lowest BCUT2D eigenvalue weighted by atomic mass is 9.87. The van der Waals surface area contributed by atoms with Gasteiger partial charge in [-0.1, -0.05) is 30.7 Å². The fourth-order valence-corrected chi connectivity index (χ4v) is 5.66. The van der Waals surface area contributed by atoms with E-state index in [9.17, 15) is 19.5 Å². The summed E-state index contributed by atoms with van der Waals surface area (Å²) in [6.45, 7) is 9.98. The highest BCUT2D eigenvalue weighted by Gasteiger charge is 2.58. The summed E-state index contributed by atoms with van der Waals surface area (Å²) in [5.74, 6) is -0.0434. The van der Waals surface area contributed by atoms with E-state index < -0.39 is 29.9 Å². The number of carbonyl (C=O) groups is 3. The van der Waals surface area contributed by atoms with Gasteiger partial charge in [-0.2, -0.15) is 11.8 Å². The molecule has 0 aromatic heterocycles. The Morgan fingerprint density at radius 2 is 1.93 bits per heavy atom. The molecule has 3 rings (SSSR count). The molecular weight excluding hydrogens is 548 g/mol. The number of esters is 1. The van der Waals surface area contributed by atoms with E-state index in [1.165, 1.54) is 24.8 Å². The molecule has 11 heteroatoms. The van der Waals surface area contributed by atoms with Gasteiger partial charge in [0.2, 0.25) is 11.8 Å². The van der Waals surface area contributed by atoms with Gasteiger partial charge in [0.1, 0.15) is 23.9 Å². The zero-order valence-corrected chi connectivity index (χ0v) is 25.8. The molecule has 0 saturated carbocycles. The number of carbonyl (C=O) groups excluding carboxylic acids is 3. The van der Waals surface area contributed by atoms with Crippen LogP contribution in [0, 0.1) is 5.92 Å². The van der Waals surface area contributed by atoms with E-state index in [0.29, 0.717) is 31.7 Å². The minimum Gasteiger partial charge on any atom is -0.459 e. The number of hydrogen-bond acceptors (Lipinski definition) is 9. The summed E-state index contributed by atoms with van der Waals surface area (Å²) in [5, 5.41) is 16.7. The van der Waals surface area contributed by atoms with Crippen molar-refractivity contribution in [2.75, 3.05) is 25.2 Å². The summed E-state index contributed by atoms with van der Waals surface area (Å²) in [6, 6.07) is -0.118. The largest absolute Gasteiger partial charge is 0.459 e. The highest BCUT2D eigenvalue weighted by molar-refractivity contribution is 7.99. The Labute approximate surface area is 247 Å². The quantitative estimate of drug-likeness (QED) is 0.135. The molecule has 0 aromatic carbocycles. The molecule has 3 saturated heterocycles. The number of hydrogen-bond donors (Lipinski definition) is 3. The molecule has 0 radical (unpaired) electrons. The second kappa shape index (κ2) is 15.3. The second-order valence-corrected chi connectivity index (χ2v) is 12.3. The van der Waals surface area contributed by atoms with Crippen molar-refractivity contribution in [3.05, 3.63) is 36.0 Å². The first-order valence-electron chi connectivity index (χ1n) is 14.3. The van der Waals surface area contributed by atoms with E-state index in [4.69, 9.17) is 18.9 Å². The second-order valence-electron chi connectivity index (χ2n) is 11.4. The molecule has 230 valence electrons. The van der Waals surface area contributed by atoms with Crippen LogP contribution in [-0.2, 0) is 33.3 Å². The van der Waals surface area contributed by atoms with E-state index in [0.717, 1.165) is 12.0 Å². The Kier molecular flexibility index (Phi) is 12.5. The van der Waals surface area contributed by atoms with Gasteiger partial charge < -0.3 is 34.7 Å². The van der Waals surface area contributed by atoms with E-state index in [1.54, 1.807) is 13.0 Å².